The quantitative estimate of drug-likeness (QED) is 0.726. The van der Waals surface area contributed by atoms with E-state index in [0.29, 0.717) is 17.8 Å². The van der Waals surface area contributed by atoms with Crippen LogP contribution in [0.5, 0.6) is 0 Å². The van der Waals surface area contributed by atoms with E-state index in [1.807, 2.05) is 24.3 Å². The maximum atomic E-state index is 12.0. The van der Waals surface area contributed by atoms with Crippen molar-refractivity contribution in [3.8, 4) is 0 Å². The lowest BCUT2D eigenvalue weighted by Crippen LogP contribution is -2.23. The lowest BCUT2D eigenvalue weighted by atomic mass is 10.2. The van der Waals surface area contributed by atoms with Gasteiger partial charge in [-0.15, -0.1) is 11.3 Å². The van der Waals surface area contributed by atoms with Crippen LogP contribution in [0.3, 0.4) is 0 Å². The molecule has 1 amide bonds. The third kappa shape index (κ3) is 2.48. The van der Waals surface area contributed by atoms with E-state index < -0.39 is 0 Å². The fourth-order valence-corrected chi connectivity index (χ4v) is 2.86. The van der Waals surface area contributed by atoms with E-state index in [0.717, 1.165) is 15.2 Å². The molecule has 0 aliphatic heterocycles. The topological polar surface area (TPSA) is 68.0 Å². The third-order valence-electron chi connectivity index (χ3n) is 2.94. The Balaban J connectivity index is 1.73. The molecule has 0 saturated heterocycles. The second-order valence-corrected chi connectivity index (χ2v) is 5.46. The highest BCUT2D eigenvalue weighted by atomic mass is 32.1. The van der Waals surface area contributed by atoms with Crippen LogP contribution in [0, 0.1) is 0 Å². The van der Waals surface area contributed by atoms with Crippen LogP contribution in [0.2, 0.25) is 0 Å². The Labute approximate surface area is 120 Å². The van der Waals surface area contributed by atoms with Gasteiger partial charge in [-0.2, -0.15) is 0 Å². The van der Waals surface area contributed by atoms with Crippen LogP contribution in [0.1, 0.15) is 15.4 Å². The molecule has 2 aromatic carbocycles. The Morgan fingerprint density at radius 3 is 2.70 bits per heavy atom. The van der Waals surface area contributed by atoms with Crippen LogP contribution in [0.4, 0.5) is 5.69 Å². The summed E-state index contributed by atoms with van der Waals surface area (Å²) in [5.41, 5.74) is 7.71. The summed E-state index contributed by atoms with van der Waals surface area (Å²) in [7, 11) is 0. The van der Waals surface area contributed by atoms with Gasteiger partial charge in [0.25, 0.3) is 5.91 Å². The first-order valence-corrected chi connectivity index (χ1v) is 7.03. The summed E-state index contributed by atoms with van der Waals surface area (Å²) < 4.78 is 1.12. The van der Waals surface area contributed by atoms with E-state index in [1.165, 1.54) is 0 Å². The van der Waals surface area contributed by atoms with Crippen LogP contribution in [0.25, 0.3) is 10.2 Å². The molecule has 20 heavy (non-hydrogen) atoms. The molecule has 0 unspecified atom stereocenters. The summed E-state index contributed by atoms with van der Waals surface area (Å²) in [4.78, 5) is 16.5. The van der Waals surface area contributed by atoms with E-state index in [4.69, 9.17) is 5.73 Å². The molecular formula is C15H13N3OS. The zero-order valence-electron chi connectivity index (χ0n) is 10.7. The van der Waals surface area contributed by atoms with Crippen molar-refractivity contribution in [1.29, 1.82) is 0 Å². The molecule has 0 spiro atoms. The molecular weight excluding hydrogens is 270 g/mol. The Morgan fingerprint density at radius 2 is 1.90 bits per heavy atom. The highest BCUT2D eigenvalue weighted by molar-refractivity contribution is 7.18. The molecule has 0 aliphatic carbocycles. The molecule has 0 aliphatic rings. The summed E-state index contributed by atoms with van der Waals surface area (Å²) in [6, 6.07) is 14.9. The summed E-state index contributed by atoms with van der Waals surface area (Å²) in [6.45, 7) is 0.409. The van der Waals surface area contributed by atoms with Gasteiger partial charge in [-0.05, 0) is 24.3 Å². The van der Waals surface area contributed by atoms with Crippen LogP contribution in [-0.4, -0.2) is 10.9 Å². The number of nitrogens with zero attached hydrogens (tertiary/aromatic N) is 1. The number of fused-ring (bicyclic) bond motifs is 1. The second kappa shape index (κ2) is 5.30. The first kappa shape index (κ1) is 12.6. The molecule has 0 saturated carbocycles. The van der Waals surface area contributed by atoms with E-state index >= 15 is 0 Å². The van der Waals surface area contributed by atoms with Crippen LogP contribution in [0.15, 0.2) is 48.5 Å². The number of nitrogen functional groups attached to an aromatic ring is 1. The number of rotatable bonds is 3. The van der Waals surface area contributed by atoms with Crippen molar-refractivity contribution in [2.75, 3.05) is 5.73 Å². The third-order valence-corrected chi connectivity index (χ3v) is 3.98. The van der Waals surface area contributed by atoms with Crippen molar-refractivity contribution < 1.29 is 4.79 Å². The number of nitrogens with one attached hydrogen (secondary N) is 1. The number of anilines is 1. The normalized spacial score (nSPS) is 10.6. The van der Waals surface area contributed by atoms with Gasteiger partial charge >= 0.3 is 0 Å². The Kier molecular flexibility index (Phi) is 3.35. The lowest BCUT2D eigenvalue weighted by Gasteiger charge is -2.05. The summed E-state index contributed by atoms with van der Waals surface area (Å²) in [5.74, 6) is -0.178. The Hall–Kier alpha value is -2.40. The molecule has 0 atom stereocenters. The number of carbonyl (C=O) groups is 1. The maximum absolute atomic E-state index is 12.0. The zero-order valence-corrected chi connectivity index (χ0v) is 11.5. The van der Waals surface area contributed by atoms with Crippen molar-refractivity contribution in [2.45, 2.75) is 6.54 Å². The number of nitrogens with two attached hydrogens (primary N) is 1. The average molecular weight is 283 g/mol. The fraction of sp³-hybridized carbons (Fsp3) is 0.0667. The number of thiazole rings is 1. The largest absolute Gasteiger partial charge is 0.398 e. The first-order chi connectivity index (χ1) is 9.74. The van der Waals surface area contributed by atoms with Gasteiger partial charge in [0.2, 0.25) is 0 Å². The van der Waals surface area contributed by atoms with E-state index in [9.17, 15) is 4.79 Å². The molecule has 1 heterocycles. The first-order valence-electron chi connectivity index (χ1n) is 6.21. The number of aromatic nitrogens is 1. The molecule has 4 nitrogen and oxygen atoms in total. The molecule has 3 aromatic rings. The van der Waals surface area contributed by atoms with Crippen LogP contribution < -0.4 is 11.1 Å². The summed E-state index contributed by atoms with van der Waals surface area (Å²) >= 11 is 1.58. The van der Waals surface area contributed by atoms with E-state index in [1.54, 1.807) is 35.6 Å². The van der Waals surface area contributed by atoms with Crippen molar-refractivity contribution in [2.24, 2.45) is 0 Å². The molecule has 3 N–H and O–H groups in total. The number of para-hydroxylation sites is 2. The smallest absolute Gasteiger partial charge is 0.253 e. The molecule has 5 heteroatoms. The average Bonchev–Trinajstić information content (AvgIpc) is 2.88. The molecule has 0 radical (unpaired) electrons. The highest BCUT2D eigenvalue weighted by Gasteiger charge is 2.09. The fourth-order valence-electron chi connectivity index (χ4n) is 1.95. The standard InChI is InChI=1S/C15H13N3OS/c16-11-6-2-1-5-10(11)15(19)17-9-14-18-12-7-3-4-8-13(12)20-14/h1-8H,9,16H2,(H,17,19). The van der Waals surface area contributed by atoms with Crippen LogP contribution in [-0.2, 0) is 6.54 Å². The minimum atomic E-state index is -0.178. The van der Waals surface area contributed by atoms with Gasteiger partial charge in [-0.25, -0.2) is 4.98 Å². The SMILES string of the molecule is Nc1ccccc1C(=O)NCc1nc2ccccc2s1. The van der Waals surface area contributed by atoms with Gasteiger partial charge in [-0.1, -0.05) is 24.3 Å². The second-order valence-electron chi connectivity index (χ2n) is 4.35. The Morgan fingerprint density at radius 1 is 1.15 bits per heavy atom. The van der Waals surface area contributed by atoms with Crippen molar-refractivity contribution in [3.05, 3.63) is 59.1 Å². The number of benzene rings is 2. The zero-order chi connectivity index (χ0) is 13.9. The van der Waals surface area contributed by atoms with E-state index in [2.05, 4.69) is 10.3 Å². The van der Waals surface area contributed by atoms with Crippen molar-refractivity contribution >= 4 is 33.1 Å². The molecule has 0 bridgehead atoms. The molecule has 3 rings (SSSR count). The van der Waals surface area contributed by atoms with Gasteiger partial charge in [0, 0.05) is 5.69 Å². The lowest BCUT2D eigenvalue weighted by molar-refractivity contribution is 0.0952. The number of amides is 1. The van der Waals surface area contributed by atoms with Gasteiger partial charge < -0.3 is 11.1 Å². The minimum absolute atomic E-state index is 0.178. The van der Waals surface area contributed by atoms with Crippen molar-refractivity contribution in [3.63, 3.8) is 0 Å². The van der Waals surface area contributed by atoms with Gasteiger partial charge in [0.15, 0.2) is 0 Å². The molecule has 0 fully saturated rings. The van der Waals surface area contributed by atoms with E-state index in [-0.39, 0.29) is 5.91 Å². The highest BCUT2D eigenvalue weighted by Crippen LogP contribution is 2.21. The Bertz CT molecular complexity index is 733. The number of hydrogen-bond acceptors (Lipinski definition) is 4. The number of hydrogen-bond donors (Lipinski definition) is 2. The summed E-state index contributed by atoms with van der Waals surface area (Å²) in [6.07, 6.45) is 0. The predicted molar refractivity (Wildman–Crippen MR) is 81.6 cm³/mol. The van der Waals surface area contributed by atoms with Crippen LogP contribution >= 0.6 is 11.3 Å². The van der Waals surface area contributed by atoms with Gasteiger partial charge in [0.1, 0.15) is 5.01 Å². The minimum Gasteiger partial charge on any atom is -0.398 e. The monoisotopic (exact) mass is 283 g/mol. The number of carbonyl (C=O) groups excluding carboxylic acids is 1. The summed E-state index contributed by atoms with van der Waals surface area (Å²) in [5, 5.41) is 3.73. The van der Waals surface area contributed by atoms with Crippen molar-refractivity contribution in [1.82, 2.24) is 10.3 Å². The van der Waals surface area contributed by atoms with Gasteiger partial charge in [0.05, 0.1) is 22.3 Å². The molecule has 100 valence electrons. The predicted octanol–water partition coefficient (Wildman–Crippen LogP) is 2.81. The van der Waals surface area contributed by atoms with Gasteiger partial charge in [-0.3, -0.25) is 4.79 Å². The molecule has 1 aromatic heterocycles. The maximum Gasteiger partial charge on any atom is 0.253 e.